The molecule has 0 radical (unpaired) electrons. The largest absolute Gasteiger partial charge is 0.396 e. The molecule has 1 N–H and O–H groups in total. The van der Waals surface area contributed by atoms with Gasteiger partial charge >= 0.3 is 0 Å². The lowest BCUT2D eigenvalue weighted by atomic mass is 9.78. The van der Waals surface area contributed by atoms with Crippen LogP contribution in [0, 0.1) is 10.8 Å². The molecular formula is C38H44N6O10S2. The van der Waals surface area contributed by atoms with E-state index in [9.17, 15) is 31.2 Å². The van der Waals surface area contributed by atoms with E-state index in [1.807, 2.05) is 9.80 Å². The van der Waals surface area contributed by atoms with Gasteiger partial charge in [-0.1, -0.05) is 0 Å². The van der Waals surface area contributed by atoms with Gasteiger partial charge in [0.2, 0.25) is 0 Å². The van der Waals surface area contributed by atoms with E-state index in [1.54, 1.807) is 36.7 Å². The minimum atomic E-state index is -3.32. The van der Waals surface area contributed by atoms with Gasteiger partial charge in [0.15, 0.2) is 31.3 Å². The molecule has 2 aromatic carbocycles. The number of benzene rings is 2. The van der Waals surface area contributed by atoms with Crippen molar-refractivity contribution in [2.75, 3.05) is 81.5 Å². The van der Waals surface area contributed by atoms with Crippen LogP contribution in [0.1, 0.15) is 24.2 Å². The number of hydrogen-bond acceptors (Lipinski definition) is 14. The van der Waals surface area contributed by atoms with Crippen molar-refractivity contribution in [1.82, 2.24) is 19.1 Å². The molecule has 56 heavy (non-hydrogen) atoms. The molecule has 0 unspecified atom stereocenters. The van der Waals surface area contributed by atoms with E-state index in [2.05, 4.69) is 9.97 Å². The number of nitrogens with zero attached hydrogens (tertiary/aromatic N) is 6. The molecule has 2 aromatic heterocycles. The van der Waals surface area contributed by atoms with E-state index >= 15 is 0 Å². The zero-order valence-electron chi connectivity index (χ0n) is 31.2. The van der Waals surface area contributed by atoms with E-state index in [1.165, 1.54) is 33.4 Å². The number of anilines is 2. The summed E-state index contributed by atoms with van der Waals surface area (Å²) in [6.07, 6.45) is 8.24. The molecule has 0 bridgehead atoms. The van der Waals surface area contributed by atoms with Gasteiger partial charge < -0.3 is 29.2 Å². The summed E-state index contributed by atoms with van der Waals surface area (Å²) in [4.78, 5) is 50.3. The number of hydrogen-bond donors (Lipinski definition) is 1. The minimum absolute atomic E-state index is 0.0450. The van der Waals surface area contributed by atoms with Crippen LogP contribution in [0.25, 0.3) is 11.4 Å². The molecule has 8 rings (SSSR count). The Labute approximate surface area is 324 Å². The molecule has 4 fully saturated rings. The first kappa shape index (κ1) is 39.5. The Balaban J connectivity index is 0.000000172. The van der Waals surface area contributed by atoms with Crippen molar-refractivity contribution in [3.63, 3.8) is 0 Å². The van der Waals surface area contributed by atoms with Gasteiger partial charge in [0, 0.05) is 75.5 Å². The summed E-state index contributed by atoms with van der Waals surface area (Å²) in [5.41, 5.74) is 2.25. The monoisotopic (exact) mass is 808 g/mol. The van der Waals surface area contributed by atoms with Crippen LogP contribution in [0.5, 0.6) is 0 Å². The molecule has 4 aliphatic heterocycles. The van der Waals surface area contributed by atoms with Crippen molar-refractivity contribution in [3.05, 3.63) is 93.0 Å². The maximum absolute atomic E-state index is 13.1. The van der Waals surface area contributed by atoms with Crippen molar-refractivity contribution >= 4 is 37.6 Å². The first-order valence-corrected chi connectivity index (χ1v) is 22.0. The van der Waals surface area contributed by atoms with E-state index < -0.39 is 19.7 Å². The van der Waals surface area contributed by atoms with E-state index in [-0.39, 0.29) is 38.3 Å². The van der Waals surface area contributed by atoms with E-state index in [0.717, 1.165) is 58.2 Å². The maximum Gasteiger partial charge on any atom is 0.298 e. The Morgan fingerprint density at radius 2 is 1.07 bits per heavy atom. The molecule has 4 saturated heterocycles. The number of carbonyl (C=O) groups is 1. The normalized spacial score (nSPS) is 17.9. The summed E-state index contributed by atoms with van der Waals surface area (Å²) in [7, 11) is -6.62. The molecule has 16 nitrogen and oxygen atoms in total. The van der Waals surface area contributed by atoms with Crippen molar-refractivity contribution in [1.29, 1.82) is 0 Å². The smallest absolute Gasteiger partial charge is 0.298 e. The highest BCUT2D eigenvalue weighted by Crippen LogP contribution is 2.40. The number of aliphatic hydroxyl groups excluding tert-OH is 1. The lowest BCUT2D eigenvalue weighted by molar-refractivity contribution is -0.127. The molecule has 2 spiro atoms. The predicted molar refractivity (Wildman–Crippen MR) is 207 cm³/mol. The average Bonchev–Trinajstić information content (AvgIpc) is 3.09. The fraction of sp³-hybridized carbons (Fsp3) is 0.447. The summed E-state index contributed by atoms with van der Waals surface area (Å²) in [6, 6.07) is 12.4. The number of aryl methyl sites for hydroxylation is 2. The van der Waals surface area contributed by atoms with Gasteiger partial charge in [-0.05, 0) is 67.8 Å². The molecule has 6 heterocycles. The third-order valence-electron chi connectivity index (χ3n) is 10.4. The Morgan fingerprint density at radius 3 is 1.39 bits per heavy atom. The van der Waals surface area contributed by atoms with Gasteiger partial charge in [0.25, 0.3) is 11.1 Å². The summed E-state index contributed by atoms with van der Waals surface area (Å²) in [5, 5.41) is 9.14. The highest BCUT2D eigenvalue weighted by molar-refractivity contribution is 7.91. The Bertz CT molecular complexity index is 2440. The number of carbonyl (C=O) groups excluding carboxylic acids is 1. The number of rotatable bonds is 12. The average molecular weight is 809 g/mol. The Morgan fingerprint density at radius 1 is 0.679 bits per heavy atom. The topological polar surface area (TPSA) is 200 Å². The fourth-order valence-corrected chi connectivity index (χ4v) is 8.50. The zero-order chi connectivity index (χ0) is 39.9. The van der Waals surface area contributed by atoms with E-state index in [4.69, 9.17) is 14.6 Å². The van der Waals surface area contributed by atoms with Gasteiger partial charge in [-0.3, -0.25) is 18.7 Å². The van der Waals surface area contributed by atoms with Crippen LogP contribution in [0.15, 0.2) is 80.3 Å². The van der Waals surface area contributed by atoms with E-state index in [0.29, 0.717) is 73.3 Å². The van der Waals surface area contributed by atoms with Gasteiger partial charge in [0.05, 0.1) is 58.4 Å². The van der Waals surface area contributed by atoms with Crippen molar-refractivity contribution in [2.45, 2.75) is 35.5 Å². The Kier molecular flexibility index (Phi) is 10.8. The second-order valence-electron chi connectivity index (χ2n) is 15.2. The number of aliphatic hydroxyl groups is 1. The van der Waals surface area contributed by atoms with Crippen LogP contribution in [0.4, 0.5) is 11.6 Å². The number of ether oxygens (including phenoxy) is 2. The summed E-state index contributed by atoms with van der Waals surface area (Å²) >= 11 is 0. The molecule has 4 aromatic rings. The van der Waals surface area contributed by atoms with Crippen LogP contribution < -0.4 is 20.9 Å². The molecule has 298 valence electrons. The summed E-state index contributed by atoms with van der Waals surface area (Å²) in [6.45, 7) is 5.81. The highest BCUT2D eigenvalue weighted by atomic mass is 32.2. The van der Waals surface area contributed by atoms with Gasteiger partial charge in [-0.25, -0.2) is 26.8 Å². The predicted octanol–water partition coefficient (Wildman–Crippen LogP) is 1.00. The van der Waals surface area contributed by atoms with Crippen molar-refractivity contribution in [2.24, 2.45) is 10.8 Å². The molecule has 4 aliphatic rings. The number of aldehydes is 1. The highest BCUT2D eigenvalue weighted by Gasteiger charge is 2.51. The van der Waals surface area contributed by atoms with Crippen LogP contribution >= 0.6 is 0 Å². The first-order valence-electron chi connectivity index (χ1n) is 18.2. The molecule has 0 atom stereocenters. The zero-order valence-corrected chi connectivity index (χ0v) is 32.8. The van der Waals surface area contributed by atoms with Gasteiger partial charge in [0.1, 0.15) is 6.29 Å². The summed E-state index contributed by atoms with van der Waals surface area (Å²) < 4.78 is 60.3. The SMILES string of the molecule is CS(=O)(=O)c1ccc(-n2cc(CCC=O)nc(N3CC4(COC4)C3)c2=O)cc1.CS(=O)(=O)c1ccc(-n2cc(CCCO)nc(N3CC4(COC4)C3)c2=O)cc1. The van der Waals surface area contributed by atoms with Crippen LogP contribution in [0.3, 0.4) is 0 Å². The van der Waals surface area contributed by atoms with Gasteiger partial charge in [-0.15, -0.1) is 0 Å². The third-order valence-corrected chi connectivity index (χ3v) is 12.7. The summed E-state index contributed by atoms with van der Waals surface area (Å²) in [5.74, 6) is 0.744. The second-order valence-corrected chi connectivity index (χ2v) is 19.3. The fourth-order valence-electron chi connectivity index (χ4n) is 7.24. The molecule has 0 saturated carbocycles. The second kappa shape index (κ2) is 15.3. The van der Waals surface area contributed by atoms with Gasteiger partial charge in [-0.2, -0.15) is 0 Å². The minimum Gasteiger partial charge on any atom is -0.396 e. The molecule has 0 amide bonds. The quantitative estimate of drug-likeness (QED) is 0.199. The number of sulfone groups is 2. The molecule has 0 aliphatic carbocycles. The van der Waals surface area contributed by atoms with Crippen LogP contribution in [0.2, 0.25) is 0 Å². The number of aromatic nitrogens is 4. The molecular weight excluding hydrogens is 765 g/mol. The lowest BCUT2D eigenvalue weighted by Crippen LogP contribution is -2.67. The first-order chi connectivity index (χ1) is 26.6. The van der Waals surface area contributed by atoms with Crippen LogP contribution in [-0.4, -0.2) is 119 Å². The maximum atomic E-state index is 13.1. The van der Waals surface area contributed by atoms with Crippen LogP contribution in [-0.2, 0) is 46.8 Å². The van der Waals surface area contributed by atoms with Crippen molar-refractivity contribution in [3.8, 4) is 11.4 Å². The molecule has 18 heteroatoms. The standard InChI is InChI=1S/C19H23N3O5S.C19H21N3O5S/c2*1-28(25,26)16-6-4-15(5-7-16)22-9-14(3-2-8-23)20-17(18(22)24)21-10-19(11-21)12-27-13-19/h4-7,9,23H,2-3,8,10-13H2,1H3;4-9H,2-3,10-13H2,1H3. The lowest BCUT2D eigenvalue weighted by Gasteiger charge is -2.55. The van der Waals surface area contributed by atoms with Crippen molar-refractivity contribution < 1.29 is 36.2 Å². The third kappa shape index (κ3) is 8.06. The Hall–Kier alpha value is -4.75.